The van der Waals surface area contributed by atoms with E-state index in [-0.39, 0.29) is 5.91 Å². The molecule has 3 aromatic rings. The maximum atomic E-state index is 12.2. The van der Waals surface area contributed by atoms with Crippen molar-refractivity contribution in [1.29, 1.82) is 0 Å². The predicted octanol–water partition coefficient (Wildman–Crippen LogP) is 2.17. The predicted molar refractivity (Wildman–Crippen MR) is 95.8 cm³/mol. The van der Waals surface area contributed by atoms with Crippen molar-refractivity contribution in [3.63, 3.8) is 0 Å². The first-order valence-corrected chi connectivity index (χ1v) is 8.10. The Morgan fingerprint density at radius 2 is 1.73 bits per heavy atom. The van der Waals surface area contributed by atoms with E-state index in [1.54, 1.807) is 35.8 Å². The van der Waals surface area contributed by atoms with Crippen molar-refractivity contribution < 1.29 is 14.8 Å². The third-order valence-electron chi connectivity index (χ3n) is 3.91. The van der Waals surface area contributed by atoms with Gasteiger partial charge in [0.15, 0.2) is 0 Å². The molecule has 0 aliphatic heterocycles. The van der Waals surface area contributed by atoms with Crippen LogP contribution in [0.15, 0.2) is 60.7 Å². The molecule has 3 rings (SSSR count). The SMILES string of the molecule is O=C(NO)c1ccc(CCNC(=O)c2cc(-c3ccccc3)n[nH]2)cc1. The highest BCUT2D eigenvalue weighted by Crippen LogP contribution is 2.16. The van der Waals surface area contributed by atoms with Crippen LogP contribution in [0.1, 0.15) is 26.4 Å². The molecule has 1 aromatic heterocycles. The van der Waals surface area contributed by atoms with Crippen LogP contribution in [0.3, 0.4) is 0 Å². The van der Waals surface area contributed by atoms with Gasteiger partial charge in [0.2, 0.25) is 0 Å². The van der Waals surface area contributed by atoms with Crippen molar-refractivity contribution >= 4 is 11.8 Å². The molecule has 0 fully saturated rings. The van der Waals surface area contributed by atoms with E-state index in [1.165, 1.54) is 0 Å². The Bertz CT molecular complexity index is 889. The van der Waals surface area contributed by atoms with Gasteiger partial charge in [0.05, 0.1) is 5.69 Å². The fraction of sp³-hybridized carbons (Fsp3) is 0.105. The van der Waals surface area contributed by atoms with Gasteiger partial charge in [0.25, 0.3) is 11.8 Å². The molecule has 0 unspecified atom stereocenters. The minimum atomic E-state index is -0.557. The highest BCUT2D eigenvalue weighted by molar-refractivity contribution is 5.93. The summed E-state index contributed by atoms with van der Waals surface area (Å²) in [4.78, 5) is 23.5. The Hall–Kier alpha value is -3.45. The second-order valence-electron chi connectivity index (χ2n) is 5.68. The molecule has 1 heterocycles. The van der Waals surface area contributed by atoms with E-state index in [9.17, 15) is 9.59 Å². The lowest BCUT2D eigenvalue weighted by atomic mass is 10.1. The Kier molecular flexibility index (Phi) is 5.40. The second-order valence-corrected chi connectivity index (χ2v) is 5.68. The fourth-order valence-electron chi connectivity index (χ4n) is 2.50. The number of amides is 2. The first-order chi connectivity index (χ1) is 12.7. The molecule has 7 heteroatoms. The Balaban J connectivity index is 1.53. The second kappa shape index (κ2) is 8.09. The van der Waals surface area contributed by atoms with Gasteiger partial charge in [-0.1, -0.05) is 42.5 Å². The molecule has 4 N–H and O–H groups in total. The van der Waals surface area contributed by atoms with Gasteiger partial charge < -0.3 is 5.32 Å². The van der Waals surface area contributed by atoms with Gasteiger partial charge in [-0.05, 0) is 30.2 Å². The van der Waals surface area contributed by atoms with Gasteiger partial charge in [-0.15, -0.1) is 0 Å². The van der Waals surface area contributed by atoms with Crippen LogP contribution < -0.4 is 10.8 Å². The molecular weight excluding hydrogens is 332 g/mol. The standard InChI is InChI=1S/C19H18N4O3/c24-18(23-26)15-8-6-13(7-9-15)10-11-20-19(25)17-12-16(21-22-17)14-4-2-1-3-5-14/h1-9,12,26H,10-11H2,(H,20,25)(H,21,22)(H,23,24). The normalized spacial score (nSPS) is 10.3. The van der Waals surface area contributed by atoms with E-state index in [4.69, 9.17) is 5.21 Å². The molecule has 0 aliphatic carbocycles. The number of nitrogens with zero attached hydrogens (tertiary/aromatic N) is 1. The molecule has 2 aromatic carbocycles. The smallest absolute Gasteiger partial charge is 0.274 e. The zero-order chi connectivity index (χ0) is 18.4. The highest BCUT2D eigenvalue weighted by atomic mass is 16.5. The lowest BCUT2D eigenvalue weighted by Gasteiger charge is -2.05. The van der Waals surface area contributed by atoms with Crippen LogP contribution >= 0.6 is 0 Å². The van der Waals surface area contributed by atoms with Crippen LogP contribution in [0.2, 0.25) is 0 Å². The summed E-state index contributed by atoms with van der Waals surface area (Å²) in [5.41, 5.74) is 4.98. The van der Waals surface area contributed by atoms with Gasteiger partial charge in [0, 0.05) is 17.7 Å². The van der Waals surface area contributed by atoms with Crippen molar-refractivity contribution in [3.05, 3.63) is 77.5 Å². The third kappa shape index (κ3) is 4.14. The first kappa shape index (κ1) is 17.4. The Morgan fingerprint density at radius 1 is 1.00 bits per heavy atom. The molecule has 0 spiro atoms. The van der Waals surface area contributed by atoms with Crippen LogP contribution in [0.5, 0.6) is 0 Å². The maximum absolute atomic E-state index is 12.2. The summed E-state index contributed by atoms with van der Waals surface area (Å²) < 4.78 is 0. The van der Waals surface area contributed by atoms with Gasteiger partial charge in [-0.3, -0.25) is 19.9 Å². The number of hydrogen-bond donors (Lipinski definition) is 4. The number of hydrogen-bond acceptors (Lipinski definition) is 4. The van der Waals surface area contributed by atoms with Crippen LogP contribution in [0, 0.1) is 0 Å². The number of H-pyrrole nitrogens is 1. The summed E-state index contributed by atoms with van der Waals surface area (Å²) >= 11 is 0. The summed E-state index contributed by atoms with van der Waals surface area (Å²) in [5.74, 6) is -0.783. The summed E-state index contributed by atoms with van der Waals surface area (Å²) in [6.45, 7) is 0.448. The first-order valence-electron chi connectivity index (χ1n) is 8.10. The quantitative estimate of drug-likeness (QED) is 0.404. The number of hydroxylamine groups is 1. The summed E-state index contributed by atoms with van der Waals surface area (Å²) in [7, 11) is 0. The number of aromatic amines is 1. The number of benzene rings is 2. The van der Waals surface area contributed by atoms with Crippen molar-refractivity contribution in [2.45, 2.75) is 6.42 Å². The lowest BCUT2D eigenvalue weighted by molar-refractivity contribution is 0.0706. The number of carbonyl (C=O) groups is 2. The van der Waals surface area contributed by atoms with E-state index in [0.717, 1.165) is 11.1 Å². The number of rotatable bonds is 6. The molecule has 7 nitrogen and oxygen atoms in total. The molecule has 132 valence electrons. The van der Waals surface area contributed by atoms with Crippen molar-refractivity contribution in [2.75, 3.05) is 6.54 Å². The van der Waals surface area contributed by atoms with E-state index in [1.807, 2.05) is 30.3 Å². The fourth-order valence-corrected chi connectivity index (χ4v) is 2.50. The van der Waals surface area contributed by atoms with Gasteiger partial charge in [-0.2, -0.15) is 5.10 Å². The molecule has 0 aliphatic rings. The zero-order valence-electron chi connectivity index (χ0n) is 13.9. The summed E-state index contributed by atoms with van der Waals surface area (Å²) in [6.07, 6.45) is 0.618. The molecule has 0 radical (unpaired) electrons. The van der Waals surface area contributed by atoms with Crippen LogP contribution in [0.25, 0.3) is 11.3 Å². The molecule has 0 bridgehead atoms. The maximum Gasteiger partial charge on any atom is 0.274 e. The monoisotopic (exact) mass is 350 g/mol. The van der Waals surface area contributed by atoms with Crippen molar-refractivity contribution in [2.24, 2.45) is 0 Å². The highest BCUT2D eigenvalue weighted by Gasteiger charge is 2.10. The summed E-state index contributed by atoms with van der Waals surface area (Å²) in [5, 5.41) is 18.3. The topological polar surface area (TPSA) is 107 Å². The van der Waals surface area contributed by atoms with Crippen LogP contribution in [0.4, 0.5) is 0 Å². The van der Waals surface area contributed by atoms with E-state index >= 15 is 0 Å². The molecule has 0 saturated carbocycles. The van der Waals surface area contributed by atoms with Gasteiger partial charge in [-0.25, -0.2) is 5.48 Å². The molecular formula is C19H18N4O3. The average Bonchev–Trinajstić information content (AvgIpc) is 3.19. The Morgan fingerprint density at radius 3 is 2.42 bits per heavy atom. The van der Waals surface area contributed by atoms with E-state index in [0.29, 0.717) is 29.9 Å². The average molecular weight is 350 g/mol. The van der Waals surface area contributed by atoms with Crippen LogP contribution in [-0.2, 0) is 6.42 Å². The van der Waals surface area contributed by atoms with E-state index in [2.05, 4.69) is 15.5 Å². The third-order valence-corrected chi connectivity index (χ3v) is 3.91. The summed E-state index contributed by atoms with van der Waals surface area (Å²) in [6, 6.07) is 18.1. The molecule has 0 atom stereocenters. The van der Waals surface area contributed by atoms with Gasteiger partial charge >= 0.3 is 0 Å². The van der Waals surface area contributed by atoms with Crippen molar-refractivity contribution in [1.82, 2.24) is 21.0 Å². The number of nitrogens with one attached hydrogen (secondary N) is 3. The van der Waals surface area contributed by atoms with Crippen LogP contribution in [-0.4, -0.2) is 33.8 Å². The number of carbonyl (C=O) groups excluding carboxylic acids is 2. The van der Waals surface area contributed by atoms with Gasteiger partial charge in [0.1, 0.15) is 5.69 Å². The molecule has 2 amide bonds. The number of aromatic nitrogens is 2. The van der Waals surface area contributed by atoms with Crippen molar-refractivity contribution in [3.8, 4) is 11.3 Å². The minimum absolute atomic E-state index is 0.226. The molecule has 26 heavy (non-hydrogen) atoms. The Labute approximate surface area is 150 Å². The van der Waals surface area contributed by atoms with E-state index < -0.39 is 5.91 Å². The lowest BCUT2D eigenvalue weighted by Crippen LogP contribution is -2.26. The largest absolute Gasteiger partial charge is 0.350 e. The molecule has 0 saturated heterocycles. The zero-order valence-corrected chi connectivity index (χ0v) is 13.9. The minimum Gasteiger partial charge on any atom is -0.350 e.